The fourth-order valence-electron chi connectivity index (χ4n) is 5.21. The Balaban J connectivity index is 1.47. The molecule has 1 saturated carbocycles. The predicted molar refractivity (Wildman–Crippen MR) is 131 cm³/mol. The van der Waals surface area contributed by atoms with Crippen LogP contribution in [0.5, 0.6) is 0 Å². The summed E-state index contributed by atoms with van der Waals surface area (Å²) in [5.74, 6) is -0.762. The summed E-state index contributed by atoms with van der Waals surface area (Å²) >= 11 is 0. The van der Waals surface area contributed by atoms with Crippen molar-refractivity contribution in [3.8, 4) is 0 Å². The first-order valence-electron chi connectivity index (χ1n) is 12.1. The van der Waals surface area contributed by atoms with Crippen molar-refractivity contribution in [2.75, 3.05) is 29.9 Å². The van der Waals surface area contributed by atoms with Crippen LogP contribution in [0.3, 0.4) is 0 Å². The standard InChI is InChI=1S/C27H33N3O3/c1-4-29(5-2)20-14-15-24(18(3)16-20)28-25(31)21-11-7-6-10-19(21)17-30-26(32)22-12-8-9-13-23(22)27(30)33/h8-9,12-16,19,21H,4-7,10-11,17H2,1-3H3,(H,28,31). The highest BCUT2D eigenvalue weighted by Crippen LogP contribution is 2.34. The molecule has 2 unspecified atom stereocenters. The molecule has 1 heterocycles. The number of rotatable bonds is 7. The first-order chi connectivity index (χ1) is 15.9. The molecule has 4 rings (SSSR count). The molecule has 6 nitrogen and oxygen atoms in total. The zero-order chi connectivity index (χ0) is 23.5. The summed E-state index contributed by atoms with van der Waals surface area (Å²) in [7, 11) is 0. The van der Waals surface area contributed by atoms with Crippen molar-refractivity contribution < 1.29 is 14.4 Å². The van der Waals surface area contributed by atoms with Crippen molar-refractivity contribution in [3.05, 3.63) is 59.2 Å². The lowest BCUT2D eigenvalue weighted by molar-refractivity contribution is -0.122. The lowest BCUT2D eigenvalue weighted by atomic mass is 9.78. The molecule has 2 aromatic rings. The van der Waals surface area contributed by atoms with Crippen molar-refractivity contribution in [3.63, 3.8) is 0 Å². The van der Waals surface area contributed by atoms with Gasteiger partial charge in [0, 0.05) is 36.9 Å². The fourth-order valence-corrected chi connectivity index (χ4v) is 5.21. The van der Waals surface area contributed by atoms with Crippen molar-refractivity contribution in [2.24, 2.45) is 11.8 Å². The molecular weight excluding hydrogens is 414 g/mol. The molecule has 3 amide bonds. The number of hydrogen-bond donors (Lipinski definition) is 1. The summed E-state index contributed by atoms with van der Waals surface area (Å²) < 4.78 is 0. The quantitative estimate of drug-likeness (QED) is 0.614. The third-order valence-corrected chi connectivity index (χ3v) is 7.14. The monoisotopic (exact) mass is 447 g/mol. The average Bonchev–Trinajstić information content (AvgIpc) is 3.07. The van der Waals surface area contributed by atoms with Gasteiger partial charge in [0.15, 0.2) is 0 Å². The number of aryl methyl sites for hydroxylation is 1. The molecule has 1 aliphatic heterocycles. The number of nitrogens with zero attached hydrogens (tertiary/aromatic N) is 2. The maximum atomic E-state index is 13.3. The van der Waals surface area contributed by atoms with Crippen LogP contribution in [0.4, 0.5) is 11.4 Å². The number of hydrogen-bond acceptors (Lipinski definition) is 4. The highest BCUT2D eigenvalue weighted by Gasteiger charge is 2.40. The zero-order valence-electron chi connectivity index (χ0n) is 19.8. The average molecular weight is 448 g/mol. The van der Waals surface area contributed by atoms with Gasteiger partial charge in [-0.2, -0.15) is 0 Å². The van der Waals surface area contributed by atoms with Gasteiger partial charge in [0.05, 0.1) is 11.1 Å². The van der Waals surface area contributed by atoms with Crippen LogP contribution in [0.15, 0.2) is 42.5 Å². The Labute approximate surface area is 196 Å². The normalized spacial score (nSPS) is 20.0. The maximum absolute atomic E-state index is 13.3. The molecule has 0 saturated heterocycles. The number of benzene rings is 2. The molecule has 0 radical (unpaired) electrons. The minimum atomic E-state index is -0.247. The van der Waals surface area contributed by atoms with Gasteiger partial charge in [-0.05, 0) is 75.4 Å². The fraction of sp³-hybridized carbons (Fsp3) is 0.444. The lowest BCUT2D eigenvalue weighted by Gasteiger charge is -2.33. The Kier molecular flexibility index (Phi) is 6.82. The number of carbonyl (C=O) groups excluding carboxylic acids is 3. The number of fused-ring (bicyclic) bond motifs is 1. The van der Waals surface area contributed by atoms with Crippen molar-refractivity contribution in [2.45, 2.75) is 46.5 Å². The van der Waals surface area contributed by atoms with Gasteiger partial charge in [-0.3, -0.25) is 19.3 Å². The van der Waals surface area contributed by atoms with Gasteiger partial charge in [0.1, 0.15) is 0 Å². The zero-order valence-corrected chi connectivity index (χ0v) is 19.8. The van der Waals surface area contributed by atoms with E-state index in [1.54, 1.807) is 24.3 Å². The van der Waals surface area contributed by atoms with E-state index in [-0.39, 0.29) is 29.6 Å². The molecule has 6 heteroatoms. The highest BCUT2D eigenvalue weighted by molar-refractivity contribution is 6.21. The summed E-state index contributed by atoms with van der Waals surface area (Å²) in [6, 6.07) is 13.1. The lowest BCUT2D eigenvalue weighted by Crippen LogP contribution is -2.41. The van der Waals surface area contributed by atoms with Gasteiger partial charge >= 0.3 is 0 Å². The summed E-state index contributed by atoms with van der Waals surface area (Å²) in [6.45, 7) is 8.44. The van der Waals surface area contributed by atoms with Gasteiger partial charge in [-0.25, -0.2) is 0 Å². The van der Waals surface area contributed by atoms with Crippen LogP contribution in [0.25, 0.3) is 0 Å². The minimum absolute atomic E-state index is 0.0185. The Morgan fingerprint density at radius 3 is 2.24 bits per heavy atom. The molecule has 33 heavy (non-hydrogen) atoms. The van der Waals surface area contributed by atoms with E-state index in [0.29, 0.717) is 17.7 Å². The summed E-state index contributed by atoms with van der Waals surface area (Å²) in [4.78, 5) is 42.6. The van der Waals surface area contributed by atoms with E-state index in [2.05, 4.69) is 30.1 Å². The first kappa shape index (κ1) is 23.0. The van der Waals surface area contributed by atoms with Gasteiger partial charge in [0.25, 0.3) is 11.8 Å². The van der Waals surface area contributed by atoms with Crippen molar-refractivity contribution in [1.29, 1.82) is 0 Å². The molecule has 0 aromatic heterocycles. The Bertz CT molecular complexity index is 1030. The molecule has 2 aliphatic rings. The molecule has 0 spiro atoms. The second-order valence-electron chi connectivity index (χ2n) is 9.08. The summed E-state index contributed by atoms with van der Waals surface area (Å²) in [5.41, 5.74) is 3.92. The van der Waals surface area contributed by atoms with Crippen molar-refractivity contribution >= 4 is 29.1 Å². The van der Waals surface area contributed by atoms with Gasteiger partial charge < -0.3 is 10.2 Å². The molecule has 0 bridgehead atoms. The molecule has 1 N–H and O–H groups in total. The summed E-state index contributed by atoms with van der Waals surface area (Å²) in [5, 5.41) is 3.13. The Morgan fingerprint density at radius 1 is 1.00 bits per heavy atom. The first-order valence-corrected chi connectivity index (χ1v) is 12.1. The van der Waals surface area contributed by atoms with Crippen LogP contribution in [0, 0.1) is 18.8 Å². The second-order valence-corrected chi connectivity index (χ2v) is 9.08. The van der Waals surface area contributed by atoms with Gasteiger partial charge in [-0.1, -0.05) is 25.0 Å². The second kappa shape index (κ2) is 9.77. The largest absolute Gasteiger partial charge is 0.372 e. The van der Waals surface area contributed by atoms with E-state index >= 15 is 0 Å². The molecule has 2 atom stereocenters. The van der Waals surface area contributed by atoms with Crippen LogP contribution < -0.4 is 10.2 Å². The number of carbonyl (C=O) groups is 3. The molecule has 1 aliphatic carbocycles. The third kappa shape index (κ3) is 4.52. The SMILES string of the molecule is CCN(CC)c1ccc(NC(=O)C2CCCCC2CN2C(=O)c3ccccc3C2=O)c(C)c1. The molecular formula is C27H33N3O3. The van der Waals surface area contributed by atoms with E-state index in [9.17, 15) is 14.4 Å². The van der Waals surface area contributed by atoms with Gasteiger partial charge in [0.2, 0.25) is 5.91 Å². The minimum Gasteiger partial charge on any atom is -0.372 e. The van der Waals surface area contributed by atoms with Crippen LogP contribution in [0.2, 0.25) is 0 Å². The van der Waals surface area contributed by atoms with Gasteiger partial charge in [-0.15, -0.1) is 0 Å². The Morgan fingerprint density at radius 2 is 1.64 bits per heavy atom. The molecule has 174 valence electrons. The topological polar surface area (TPSA) is 69.7 Å². The predicted octanol–water partition coefficient (Wildman–Crippen LogP) is 4.88. The number of nitrogens with one attached hydrogen (secondary N) is 1. The maximum Gasteiger partial charge on any atom is 0.261 e. The highest BCUT2D eigenvalue weighted by atomic mass is 16.2. The van der Waals surface area contributed by atoms with Crippen molar-refractivity contribution in [1.82, 2.24) is 4.90 Å². The van der Waals surface area contributed by atoms with E-state index in [0.717, 1.165) is 55.7 Å². The van der Waals surface area contributed by atoms with E-state index in [1.807, 2.05) is 19.1 Å². The van der Waals surface area contributed by atoms with Crippen LogP contribution in [-0.4, -0.2) is 42.3 Å². The number of amides is 3. The number of anilines is 2. The van der Waals surface area contributed by atoms with E-state index in [1.165, 1.54) is 4.90 Å². The van der Waals surface area contributed by atoms with E-state index in [4.69, 9.17) is 0 Å². The van der Waals surface area contributed by atoms with Crippen LogP contribution >= 0.6 is 0 Å². The third-order valence-electron chi connectivity index (χ3n) is 7.14. The van der Waals surface area contributed by atoms with Crippen LogP contribution in [0.1, 0.15) is 65.8 Å². The van der Waals surface area contributed by atoms with E-state index < -0.39 is 0 Å². The smallest absolute Gasteiger partial charge is 0.261 e. The van der Waals surface area contributed by atoms with Crippen LogP contribution in [-0.2, 0) is 4.79 Å². The molecule has 1 fully saturated rings. The Hall–Kier alpha value is -3.15. The molecule has 2 aromatic carbocycles. The number of imide groups is 1. The summed E-state index contributed by atoms with van der Waals surface area (Å²) in [6.07, 6.45) is 3.60.